The molecule has 0 spiro atoms. The molecule has 128 valence electrons. The van der Waals surface area contributed by atoms with Gasteiger partial charge < -0.3 is 24.4 Å². The van der Waals surface area contributed by atoms with Crippen LogP contribution in [0.5, 0.6) is 0 Å². The highest BCUT2D eigenvalue weighted by Gasteiger charge is 2.34. The molecule has 0 aromatic carbocycles. The van der Waals surface area contributed by atoms with Crippen LogP contribution in [0, 0.1) is 0 Å². The summed E-state index contributed by atoms with van der Waals surface area (Å²) in [6.07, 6.45) is 2.24. The third-order valence-corrected chi connectivity index (χ3v) is 3.15. The third-order valence-electron chi connectivity index (χ3n) is 3.15. The topological polar surface area (TPSA) is 85.2 Å². The second-order valence-electron chi connectivity index (χ2n) is 6.53. The minimum absolute atomic E-state index is 0.254. The van der Waals surface area contributed by atoms with Crippen molar-refractivity contribution in [3.63, 3.8) is 0 Å². The van der Waals surface area contributed by atoms with E-state index in [4.69, 9.17) is 14.2 Å². The highest BCUT2D eigenvalue weighted by atomic mass is 16.7. The SMILES string of the molecule is C[C@@H]1OC(OCCC/C=C/C(=O)OC(C)(C)C)[C@H](O)CC1O. The molecule has 1 saturated heterocycles. The summed E-state index contributed by atoms with van der Waals surface area (Å²) in [6, 6.07) is 0. The Morgan fingerprint density at radius 2 is 2.00 bits per heavy atom. The van der Waals surface area contributed by atoms with Crippen LogP contribution in [-0.2, 0) is 19.0 Å². The maximum absolute atomic E-state index is 11.4. The minimum atomic E-state index is -0.816. The predicted molar refractivity (Wildman–Crippen MR) is 81.1 cm³/mol. The first-order valence-electron chi connectivity index (χ1n) is 7.72. The van der Waals surface area contributed by atoms with Gasteiger partial charge in [0.15, 0.2) is 6.29 Å². The van der Waals surface area contributed by atoms with Gasteiger partial charge in [0, 0.05) is 12.5 Å². The molecule has 0 bridgehead atoms. The number of hydrogen-bond acceptors (Lipinski definition) is 6. The van der Waals surface area contributed by atoms with Gasteiger partial charge in [0.05, 0.1) is 18.8 Å². The number of carbonyl (C=O) groups is 1. The van der Waals surface area contributed by atoms with Gasteiger partial charge in [0.1, 0.15) is 11.7 Å². The quantitative estimate of drug-likeness (QED) is 0.439. The number of allylic oxidation sites excluding steroid dienone is 1. The van der Waals surface area contributed by atoms with Crippen molar-refractivity contribution in [2.24, 2.45) is 0 Å². The Balaban J connectivity index is 2.16. The molecule has 1 rings (SSSR count). The summed E-state index contributed by atoms with van der Waals surface area (Å²) in [7, 11) is 0. The minimum Gasteiger partial charge on any atom is -0.457 e. The fourth-order valence-electron chi connectivity index (χ4n) is 2.01. The molecule has 0 radical (unpaired) electrons. The largest absolute Gasteiger partial charge is 0.457 e. The van der Waals surface area contributed by atoms with Gasteiger partial charge in [-0.2, -0.15) is 0 Å². The molecule has 6 heteroatoms. The Morgan fingerprint density at radius 1 is 1.32 bits per heavy atom. The number of rotatable bonds is 6. The molecule has 2 unspecified atom stereocenters. The van der Waals surface area contributed by atoms with Crippen molar-refractivity contribution in [3.8, 4) is 0 Å². The monoisotopic (exact) mass is 316 g/mol. The first-order valence-corrected chi connectivity index (χ1v) is 7.72. The van der Waals surface area contributed by atoms with E-state index in [1.807, 2.05) is 20.8 Å². The summed E-state index contributed by atoms with van der Waals surface area (Å²) < 4.78 is 16.0. The molecule has 0 aromatic heterocycles. The normalized spacial score (nSPS) is 29.7. The molecule has 0 aliphatic carbocycles. The summed E-state index contributed by atoms with van der Waals surface area (Å²) in [5.74, 6) is -0.359. The lowest BCUT2D eigenvalue weighted by atomic mass is 10.0. The van der Waals surface area contributed by atoms with Crippen LogP contribution < -0.4 is 0 Å². The Labute approximate surface area is 132 Å². The second kappa shape index (κ2) is 8.62. The van der Waals surface area contributed by atoms with Gasteiger partial charge in [0.2, 0.25) is 0 Å². The first kappa shape index (κ1) is 19.1. The molecule has 1 fully saturated rings. The van der Waals surface area contributed by atoms with Crippen LogP contribution in [0.4, 0.5) is 0 Å². The van der Waals surface area contributed by atoms with E-state index in [-0.39, 0.29) is 18.5 Å². The van der Waals surface area contributed by atoms with E-state index in [9.17, 15) is 15.0 Å². The predicted octanol–water partition coefficient (Wildman–Crippen LogP) is 1.54. The van der Waals surface area contributed by atoms with Gasteiger partial charge in [-0.3, -0.25) is 0 Å². The fourth-order valence-corrected chi connectivity index (χ4v) is 2.01. The number of aliphatic hydroxyl groups excluding tert-OH is 2. The Morgan fingerprint density at radius 3 is 2.64 bits per heavy atom. The van der Waals surface area contributed by atoms with Gasteiger partial charge in [-0.05, 0) is 40.5 Å². The molecule has 4 atom stereocenters. The molecule has 0 aromatic rings. The maximum atomic E-state index is 11.4. The van der Waals surface area contributed by atoms with Crippen LogP contribution in [0.25, 0.3) is 0 Å². The van der Waals surface area contributed by atoms with Crippen LogP contribution in [0.1, 0.15) is 47.0 Å². The Hall–Kier alpha value is -0.950. The number of unbranched alkanes of at least 4 members (excludes halogenated alkanes) is 1. The molecule has 0 amide bonds. The molecular formula is C16H28O6. The van der Waals surface area contributed by atoms with E-state index >= 15 is 0 Å². The smallest absolute Gasteiger partial charge is 0.330 e. The average Bonchev–Trinajstić information content (AvgIpc) is 2.37. The molecule has 22 heavy (non-hydrogen) atoms. The van der Waals surface area contributed by atoms with Gasteiger partial charge in [-0.25, -0.2) is 4.79 Å². The molecule has 1 aliphatic heterocycles. The van der Waals surface area contributed by atoms with Crippen molar-refractivity contribution in [1.29, 1.82) is 0 Å². The molecular weight excluding hydrogens is 288 g/mol. The van der Waals surface area contributed by atoms with Crippen LogP contribution >= 0.6 is 0 Å². The van der Waals surface area contributed by atoms with Crippen molar-refractivity contribution in [2.45, 2.75) is 77.2 Å². The van der Waals surface area contributed by atoms with E-state index in [1.54, 1.807) is 13.0 Å². The number of ether oxygens (including phenoxy) is 3. The zero-order chi connectivity index (χ0) is 16.8. The number of hydrogen-bond donors (Lipinski definition) is 2. The standard InChI is InChI=1S/C16H28O6/c1-11-12(17)10-13(18)15(21-11)20-9-7-5-6-8-14(19)22-16(2,3)4/h6,8,11-13,15,17-18H,5,7,9-10H2,1-4H3/b8-6+/t11-,12?,13+,15?/m0/s1. The van der Waals surface area contributed by atoms with Crippen LogP contribution in [-0.4, -0.2) is 53.0 Å². The van der Waals surface area contributed by atoms with E-state index < -0.39 is 24.1 Å². The lowest BCUT2D eigenvalue weighted by Crippen LogP contribution is -2.47. The maximum Gasteiger partial charge on any atom is 0.330 e. The average molecular weight is 316 g/mol. The number of aliphatic hydroxyl groups is 2. The molecule has 6 nitrogen and oxygen atoms in total. The van der Waals surface area contributed by atoms with Crippen molar-refractivity contribution in [2.75, 3.05) is 6.61 Å². The highest BCUT2D eigenvalue weighted by Crippen LogP contribution is 2.21. The summed E-state index contributed by atoms with van der Waals surface area (Å²) in [5.41, 5.74) is -0.486. The van der Waals surface area contributed by atoms with Gasteiger partial charge in [-0.15, -0.1) is 0 Å². The summed E-state index contributed by atoms with van der Waals surface area (Å²) in [4.78, 5) is 11.4. The van der Waals surface area contributed by atoms with E-state index in [0.29, 0.717) is 19.4 Å². The lowest BCUT2D eigenvalue weighted by Gasteiger charge is -2.35. The Kier molecular flexibility index (Phi) is 7.48. The zero-order valence-corrected chi connectivity index (χ0v) is 13.8. The van der Waals surface area contributed by atoms with Crippen LogP contribution in [0.15, 0.2) is 12.2 Å². The molecule has 1 aliphatic rings. The van der Waals surface area contributed by atoms with Crippen molar-refractivity contribution >= 4 is 5.97 Å². The number of esters is 1. The summed E-state index contributed by atoms with van der Waals surface area (Å²) in [6.45, 7) is 7.61. The van der Waals surface area contributed by atoms with E-state index in [1.165, 1.54) is 6.08 Å². The van der Waals surface area contributed by atoms with Crippen LogP contribution in [0.3, 0.4) is 0 Å². The number of carbonyl (C=O) groups excluding carboxylic acids is 1. The lowest BCUT2D eigenvalue weighted by molar-refractivity contribution is -0.260. The van der Waals surface area contributed by atoms with E-state index in [2.05, 4.69) is 0 Å². The van der Waals surface area contributed by atoms with Crippen molar-refractivity contribution in [1.82, 2.24) is 0 Å². The first-order chi connectivity index (χ1) is 10.2. The fraction of sp³-hybridized carbons (Fsp3) is 0.812. The zero-order valence-electron chi connectivity index (χ0n) is 13.8. The van der Waals surface area contributed by atoms with Crippen LogP contribution in [0.2, 0.25) is 0 Å². The van der Waals surface area contributed by atoms with E-state index in [0.717, 1.165) is 0 Å². The van der Waals surface area contributed by atoms with Crippen molar-refractivity contribution < 1.29 is 29.2 Å². The van der Waals surface area contributed by atoms with Gasteiger partial charge in [0.25, 0.3) is 0 Å². The van der Waals surface area contributed by atoms with Gasteiger partial charge >= 0.3 is 5.97 Å². The van der Waals surface area contributed by atoms with Gasteiger partial charge in [-0.1, -0.05) is 6.08 Å². The second-order valence-corrected chi connectivity index (χ2v) is 6.53. The molecule has 1 heterocycles. The molecule has 2 N–H and O–H groups in total. The molecule has 0 saturated carbocycles. The summed E-state index contributed by atoms with van der Waals surface area (Å²) >= 11 is 0. The highest BCUT2D eigenvalue weighted by molar-refractivity contribution is 5.82. The Bertz CT molecular complexity index is 373. The summed E-state index contributed by atoms with van der Waals surface area (Å²) in [5, 5.41) is 19.3. The third kappa shape index (κ3) is 7.35. The van der Waals surface area contributed by atoms with Crippen molar-refractivity contribution in [3.05, 3.63) is 12.2 Å².